The van der Waals surface area contributed by atoms with Crippen molar-refractivity contribution in [2.75, 3.05) is 20.2 Å². The molecule has 0 heterocycles. The molecule has 0 radical (unpaired) electrons. The van der Waals surface area contributed by atoms with E-state index in [0.29, 0.717) is 0 Å². The molecule has 0 fully saturated rings. The van der Waals surface area contributed by atoms with E-state index in [0.717, 1.165) is 0 Å². The largest absolute Gasteiger partial charge is 0.393 e. The van der Waals surface area contributed by atoms with E-state index < -0.39 is 5.60 Å². The summed E-state index contributed by atoms with van der Waals surface area (Å²) >= 11 is 0. The zero-order chi connectivity index (χ0) is 10.5. The van der Waals surface area contributed by atoms with Crippen molar-refractivity contribution >= 4 is 5.91 Å². The molecule has 0 aromatic rings. The van der Waals surface area contributed by atoms with E-state index in [1.165, 1.54) is 6.92 Å². The van der Waals surface area contributed by atoms with Crippen LogP contribution in [0.25, 0.3) is 0 Å². The third-order valence-electron chi connectivity index (χ3n) is 1.81. The molecule has 0 aromatic carbocycles. The average molecular weight is 190 g/mol. The molecule has 0 aliphatic heterocycles. The summed E-state index contributed by atoms with van der Waals surface area (Å²) in [6.07, 6.45) is 0. The molecule has 78 valence electrons. The first-order valence-electron chi connectivity index (χ1n) is 4.21. The summed E-state index contributed by atoms with van der Waals surface area (Å²) < 4.78 is 0. The van der Waals surface area contributed by atoms with E-state index in [-0.39, 0.29) is 25.1 Å². The van der Waals surface area contributed by atoms with Crippen molar-refractivity contribution in [2.24, 2.45) is 0 Å². The second-order valence-electron chi connectivity index (χ2n) is 3.38. The van der Waals surface area contributed by atoms with Gasteiger partial charge in [0.25, 0.3) is 0 Å². The third kappa shape index (κ3) is 4.82. The minimum Gasteiger partial charge on any atom is -0.393 e. The Morgan fingerprint density at radius 2 is 2.15 bits per heavy atom. The van der Waals surface area contributed by atoms with Crippen molar-refractivity contribution in [3.05, 3.63) is 0 Å². The van der Waals surface area contributed by atoms with Crippen LogP contribution in [-0.2, 0) is 4.79 Å². The fraction of sp³-hybridized carbons (Fsp3) is 0.875. The van der Waals surface area contributed by atoms with Gasteiger partial charge in [-0.15, -0.1) is 0 Å². The monoisotopic (exact) mass is 190 g/mol. The summed E-state index contributed by atoms with van der Waals surface area (Å²) in [5.74, 6) is -0.198. The molecule has 0 rings (SSSR count). The lowest BCUT2D eigenvalue weighted by atomic mass is 10.1. The van der Waals surface area contributed by atoms with Gasteiger partial charge in [-0.05, 0) is 20.9 Å². The molecule has 2 unspecified atom stereocenters. The van der Waals surface area contributed by atoms with Gasteiger partial charge < -0.3 is 20.8 Å². The van der Waals surface area contributed by atoms with E-state index in [2.05, 4.69) is 10.6 Å². The highest BCUT2D eigenvalue weighted by Crippen LogP contribution is 1.98. The molecule has 4 N–H and O–H groups in total. The second-order valence-corrected chi connectivity index (χ2v) is 3.38. The van der Waals surface area contributed by atoms with Gasteiger partial charge in [0.1, 0.15) is 5.60 Å². The van der Waals surface area contributed by atoms with Gasteiger partial charge in [-0.2, -0.15) is 0 Å². The number of hydrogen-bond acceptors (Lipinski definition) is 4. The van der Waals surface area contributed by atoms with Gasteiger partial charge in [-0.3, -0.25) is 4.79 Å². The summed E-state index contributed by atoms with van der Waals surface area (Å²) in [7, 11) is 1.68. The highest BCUT2D eigenvalue weighted by molar-refractivity contribution is 5.81. The molecule has 5 heteroatoms. The third-order valence-corrected chi connectivity index (χ3v) is 1.81. The fourth-order valence-corrected chi connectivity index (χ4v) is 0.618. The Morgan fingerprint density at radius 1 is 1.62 bits per heavy atom. The summed E-state index contributed by atoms with van der Waals surface area (Å²) in [5, 5.41) is 23.3. The Balaban J connectivity index is 3.83. The number of amides is 1. The molecule has 0 aliphatic carbocycles. The Morgan fingerprint density at radius 3 is 2.54 bits per heavy atom. The van der Waals surface area contributed by atoms with Gasteiger partial charge in [0.05, 0.1) is 12.6 Å². The van der Waals surface area contributed by atoms with Gasteiger partial charge >= 0.3 is 0 Å². The Hall–Kier alpha value is -0.650. The molecule has 0 saturated carbocycles. The first-order chi connectivity index (χ1) is 5.93. The van der Waals surface area contributed by atoms with Crippen molar-refractivity contribution in [3.8, 4) is 0 Å². The molecule has 0 spiro atoms. The predicted octanol–water partition coefficient (Wildman–Crippen LogP) is -1.55. The van der Waals surface area contributed by atoms with Crippen LogP contribution in [0.15, 0.2) is 0 Å². The van der Waals surface area contributed by atoms with Gasteiger partial charge in [0, 0.05) is 6.54 Å². The zero-order valence-corrected chi connectivity index (χ0v) is 8.29. The molecule has 0 bridgehead atoms. The molecule has 2 atom stereocenters. The van der Waals surface area contributed by atoms with E-state index in [4.69, 9.17) is 5.11 Å². The molecule has 0 saturated heterocycles. The molecule has 5 nitrogen and oxygen atoms in total. The topological polar surface area (TPSA) is 81.6 Å². The maximum Gasteiger partial charge on any atom is 0.236 e. The van der Waals surface area contributed by atoms with Crippen LogP contribution in [0.1, 0.15) is 13.8 Å². The van der Waals surface area contributed by atoms with Crippen molar-refractivity contribution in [1.82, 2.24) is 10.6 Å². The maximum absolute atomic E-state index is 11.2. The molecule has 0 aromatic heterocycles. The van der Waals surface area contributed by atoms with Crippen LogP contribution in [0, 0.1) is 0 Å². The molecular weight excluding hydrogens is 172 g/mol. The number of rotatable bonds is 5. The maximum atomic E-state index is 11.2. The van der Waals surface area contributed by atoms with Crippen molar-refractivity contribution < 1.29 is 15.0 Å². The van der Waals surface area contributed by atoms with Gasteiger partial charge in [0.15, 0.2) is 0 Å². The highest BCUT2D eigenvalue weighted by atomic mass is 16.3. The summed E-state index contributed by atoms with van der Waals surface area (Å²) in [6, 6.07) is -0.297. The van der Waals surface area contributed by atoms with Crippen LogP contribution in [-0.4, -0.2) is 48.0 Å². The Labute approximate surface area is 78.1 Å². The van der Waals surface area contributed by atoms with Crippen LogP contribution in [0.3, 0.4) is 0 Å². The highest BCUT2D eigenvalue weighted by Gasteiger charge is 2.20. The average Bonchev–Trinajstić information content (AvgIpc) is 2.13. The number of aliphatic hydroxyl groups excluding tert-OH is 1. The quantitative estimate of drug-likeness (QED) is 0.423. The lowest BCUT2D eigenvalue weighted by Crippen LogP contribution is -2.48. The lowest BCUT2D eigenvalue weighted by Gasteiger charge is -2.21. The number of likely N-dealkylation sites (N-methyl/N-ethyl adjacent to an activating group) is 1. The molecule has 0 aliphatic rings. The van der Waals surface area contributed by atoms with Crippen LogP contribution in [0.5, 0.6) is 0 Å². The first kappa shape index (κ1) is 12.3. The summed E-state index contributed by atoms with van der Waals surface area (Å²) in [6.45, 7) is 2.84. The fourth-order valence-electron chi connectivity index (χ4n) is 0.618. The van der Waals surface area contributed by atoms with Crippen LogP contribution in [0.4, 0.5) is 0 Å². The number of nitrogens with one attached hydrogen (secondary N) is 2. The molecule has 13 heavy (non-hydrogen) atoms. The normalized spacial score (nSPS) is 17.6. The molecular formula is C8H18N2O3. The smallest absolute Gasteiger partial charge is 0.236 e. The Bertz CT molecular complexity index is 171. The number of hydrogen-bond donors (Lipinski definition) is 4. The number of carbonyl (C=O) groups excluding carboxylic acids is 1. The van der Waals surface area contributed by atoms with Gasteiger partial charge in [0.2, 0.25) is 5.91 Å². The second kappa shape index (κ2) is 5.16. The van der Waals surface area contributed by atoms with Crippen molar-refractivity contribution in [1.29, 1.82) is 0 Å². The standard InChI is InChI=1S/C8H18N2O3/c1-6(9-3)7(12)10-4-8(2,13)5-11/h6,9,11,13H,4-5H2,1-3H3,(H,10,12). The number of carbonyl (C=O) groups is 1. The van der Waals surface area contributed by atoms with E-state index >= 15 is 0 Å². The lowest BCUT2D eigenvalue weighted by molar-refractivity contribution is -0.124. The van der Waals surface area contributed by atoms with Crippen LogP contribution in [0.2, 0.25) is 0 Å². The Kier molecular flexibility index (Phi) is 4.90. The van der Waals surface area contributed by atoms with Gasteiger partial charge in [-0.25, -0.2) is 0 Å². The SMILES string of the molecule is CNC(C)C(=O)NCC(C)(O)CO. The number of aliphatic hydroxyl groups is 2. The zero-order valence-electron chi connectivity index (χ0n) is 8.29. The van der Waals surface area contributed by atoms with Crippen LogP contribution >= 0.6 is 0 Å². The summed E-state index contributed by atoms with van der Waals surface area (Å²) in [4.78, 5) is 11.2. The van der Waals surface area contributed by atoms with Crippen molar-refractivity contribution in [2.45, 2.75) is 25.5 Å². The van der Waals surface area contributed by atoms with Crippen molar-refractivity contribution in [3.63, 3.8) is 0 Å². The minimum atomic E-state index is -1.25. The minimum absolute atomic E-state index is 0.0500. The van der Waals surface area contributed by atoms with E-state index in [9.17, 15) is 9.90 Å². The predicted molar refractivity (Wildman–Crippen MR) is 49.2 cm³/mol. The van der Waals surface area contributed by atoms with Crippen LogP contribution < -0.4 is 10.6 Å². The first-order valence-corrected chi connectivity index (χ1v) is 4.21. The van der Waals surface area contributed by atoms with Gasteiger partial charge in [-0.1, -0.05) is 0 Å². The molecule has 1 amide bonds. The summed E-state index contributed by atoms with van der Waals surface area (Å²) in [5.41, 5.74) is -1.25. The van der Waals surface area contributed by atoms with E-state index in [1.54, 1.807) is 14.0 Å². The van der Waals surface area contributed by atoms with E-state index in [1.807, 2.05) is 0 Å².